The zero-order chi connectivity index (χ0) is 21.0. The third kappa shape index (κ3) is 3.79. The van der Waals surface area contributed by atoms with Gasteiger partial charge in [0.2, 0.25) is 5.95 Å². The molecule has 0 bridgehead atoms. The SMILES string of the molecule is C=C(c1ccccc1)N(/C=C\NC)c1ncc2c(n1)N(NC)C(CC)C(=O)N2C. The minimum Gasteiger partial charge on any atom is -0.393 e. The van der Waals surface area contributed by atoms with E-state index in [9.17, 15) is 4.79 Å². The molecule has 29 heavy (non-hydrogen) atoms. The van der Waals surface area contributed by atoms with Crippen molar-refractivity contribution in [2.75, 3.05) is 36.0 Å². The van der Waals surface area contributed by atoms with Gasteiger partial charge in [0, 0.05) is 39.2 Å². The van der Waals surface area contributed by atoms with Crippen LogP contribution in [0.15, 0.2) is 55.5 Å². The number of hydrogen-bond acceptors (Lipinski definition) is 7. The highest BCUT2D eigenvalue weighted by molar-refractivity contribution is 6.04. The minimum absolute atomic E-state index is 0.00586. The molecule has 0 spiro atoms. The molecule has 1 unspecified atom stereocenters. The Morgan fingerprint density at radius 3 is 2.66 bits per heavy atom. The van der Waals surface area contributed by atoms with Gasteiger partial charge in [0.15, 0.2) is 5.82 Å². The third-order valence-electron chi connectivity index (χ3n) is 4.89. The molecular formula is C21H27N7O. The average molecular weight is 393 g/mol. The molecule has 1 aliphatic rings. The molecule has 8 heteroatoms. The Bertz CT molecular complexity index is 913. The van der Waals surface area contributed by atoms with Gasteiger partial charge in [0.05, 0.1) is 6.20 Å². The Hall–Kier alpha value is -3.39. The first-order chi connectivity index (χ1) is 14.0. The zero-order valence-electron chi connectivity index (χ0n) is 17.3. The Morgan fingerprint density at radius 1 is 1.31 bits per heavy atom. The largest absolute Gasteiger partial charge is 0.393 e. The van der Waals surface area contributed by atoms with Crippen LogP contribution in [0.5, 0.6) is 0 Å². The average Bonchev–Trinajstić information content (AvgIpc) is 2.76. The third-order valence-corrected chi connectivity index (χ3v) is 4.89. The maximum Gasteiger partial charge on any atom is 0.251 e. The van der Waals surface area contributed by atoms with Crippen molar-refractivity contribution in [3.05, 3.63) is 61.1 Å². The quantitative estimate of drug-likeness (QED) is 0.748. The van der Waals surface area contributed by atoms with Crippen molar-refractivity contribution in [1.29, 1.82) is 0 Å². The Labute approximate surface area is 171 Å². The first kappa shape index (κ1) is 20.3. The van der Waals surface area contributed by atoms with Gasteiger partial charge in [-0.2, -0.15) is 4.98 Å². The molecule has 8 nitrogen and oxygen atoms in total. The van der Waals surface area contributed by atoms with Crippen molar-refractivity contribution in [2.45, 2.75) is 19.4 Å². The predicted molar refractivity (Wildman–Crippen MR) is 117 cm³/mol. The number of fused-ring (bicyclic) bond motifs is 1. The number of carbonyl (C=O) groups excluding carboxylic acids is 1. The molecule has 2 N–H and O–H groups in total. The normalized spacial score (nSPS) is 16.1. The first-order valence-corrected chi connectivity index (χ1v) is 9.52. The van der Waals surface area contributed by atoms with Crippen LogP contribution in [0.1, 0.15) is 18.9 Å². The van der Waals surface area contributed by atoms with Crippen LogP contribution in [0.3, 0.4) is 0 Å². The second kappa shape index (κ2) is 8.74. The molecular weight excluding hydrogens is 366 g/mol. The monoisotopic (exact) mass is 393 g/mol. The summed E-state index contributed by atoms with van der Waals surface area (Å²) in [5, 5.41) is 4.79. The molecule has 0 fully saturated rings. The molecule has 1 atom stereocenters. The van der Waals surface area contributed by atoms with Gasteiger partial charge in [-0.15, -0.1) is 0 Å². The summed E-state index contributed by atoms with van der Waals surface area (Å²) >= 11 is 0. The summed E-state index contributed by atoms with van der Waals surface area (Å²) < 4.78 is 0. The van der Waals surface area contributed by atoms with E-state index in [2.05, 4.69) is 22.3 Å². The van der Waals surface area contributed by atoms with Gasteiger partial charge in [0.1, 0.15) is 11.7 Å². The fourth-order valence-electron chi connectivity index (χ4n) is 3.30. The van der Waals surface area contributed by atoms with Gasteiger partial charge in [-0.25, -0.2) is 10.4 Å². The highest BCUT2D eigenvalue weighted by atomic mass is 16.2. The number of benzene rings is 1. The van der Waals surface area contributed by atoms with Gasteiger partial charge in [-0.3, -0.25) is 14.7 Å². The van der Waals surface area contributed by atoms with Gasteiger partial charge in [-0.1, -0.05) is 43.8 Å². The van der Waals surface area contributed by atoms with Crippen molar-refractivity contribution in [3.8, 4) is 0 Å². The van der Waals surface area contributed by atoms with Crippen LogP contribution >= 0.6 is 0 Å². The lowest BCUT2D eigenvalue weighted by Crippen LogP contribution is -2.56. The maximum atomic E-state index is 12.7. The molecule has 1 amide bonds. The second-order valence-electron chi connectivity index (χ2n) is 6.58. The number of nitrogens with one attached hydrogen (secondary N) is 2. The Kier molecular flexibility index (Phi) is 6.13. The van der Waals surface area contributed by atoms with E-state index >= 15 is 0 Å². The molecule has 0 radical (unpaired) electrons. The Balaban J connectivity index is 2.08. The van der Waals surface area contributed by atoms with Crippen LogP contribution in [0, 0.1) is 0 Å². The van der Waals surface area contributed by atoms with Crippen LogP contribution in [0.25, 0.3) is 5.70 Å². The van der Waals surface area contributed by atoms with E-state index in [0.717, 1.165) is 11.3 Å². The highest BCUT2D eigenvalue weighted by Crippen LogP contribution is 2.35. The number of anilines is 3. The summed E-state index contributed by atoms with van der Waals surface area (Å²) in [5.41, 5.74) is 5.45. The lowest BCUT2D eigenvalue weighted by molar-refractivity contribution is -0.120. The van der Waals surface area contributed by atoms with Gasteiger partial charge in [0.25, 0.3) is 5.91 Å². The van der Waals surface area contributed by atoms with E-state index in [1.54, 1.807) is 36.4 Å². The summed E-state index contributed by atoms with van der Waals surface area (Å²) in [5.74, 6) is 1.11. The first-order valence-electron chi connectivity index (χ1n) is 9.52. The molecule has 1 aromatic heterocycles. The van der Waals surface area contributed by atoms with Crippen LogP contribution in [-0.2, 0) is 4.79 Å². The van der Waals surface area contributed by atoms with Crippen molar-refractivity contribution in [1.82, 2.24) is 20.7 Å². The molecule has 2 aromatic rings. The second-order valence-corrected chi connectivity index (χ2v) is 6.58. The molecule has 3 rings (SSSR count). The standard InChI is InChI=1S/C21H27N7O/c1-6-17-20(29)26(5)18-14-24-21(25-19(18)28(17)23-4)27(13-12-22-3)15(2)16-10-8-7-9-11-16/h7-14,17,22-23H,2,6H2,1,3-5H3/b13-12-. The molecule has 152 valence electrons. The van der Waals surface area contributed by atoms with Gasteiger partial charge < -0.3 is 10.2 Å². The number of likely N-dealkylation sites (N-methyl/N-ethyl adjacent to an activating group) is 1. The predicted octanol–water partition coefficient (Wildman–Crippen LogP) is 2.34. The van der Waals surface area contributed by atoms with Crippen LogP contribution in [0.2, 0.25) is 0 Å². The van der Waals surface area contributed by atoms with Crippen molar-refractivity contribution < 1.29 is 4.79 Å². The van der Waals surface area contributed by atoms with Gasteiger partial charge >= 0.3 is 0 Å². The summed E-state index contributed by atoms with van der Waals surface area (Å²) in [6.07, 6.45) is 5.94. The number of rotatable bonds is 7. The molecule has 0 saturated heterocycles. The molecule has 2 heterocycles. The van der Waals surface area contributed by atoms with Gasteiger partial charge in [-0.05, 0) is 12.0 Å². The molecule has 0 saturated carbocycles. The smallest absolute Gasteiger partial charge is 0.251 e. The summed E-state index contributed by atoms with van der Waals surface area (Å²) in [6, 6.07) is 9.52. The topological polar surface area (TPSA) is 76.6 Å². The van der Waals surface area contributed by atoms with E-state index in [1.807, 2.05) is 55.4 Å². The number of amides is 1. The minimum atomic E-state index is -0.334. The van der Waals surface area contributed by atoms with E-state index in [0.29, 0.717) is 23.9 Å². The number of aromatic nitrogens is 2. The Morgan fingerprint density at radius 2 is 2.03 bits per heavy atom. The fourth-order valence-corrected chi connectivity index (χ4v) is 3.30. The maximum absolute atomic E-state index is 12.7. The van der Waals surface area contributed by atoms with E-state index in [-0.39, 0.29) is 11.9 Å². The summed E-state index contributed by atoms with van der Waals surface area (Å²) in [7, 11) is 5.36. The van der Waals surface area contributed by atoms with Crippen LogP contribution < -0.4 is 25.6 Å². The zero-order valence-corrected chi connectivity index (χ0v) is 17.3. The van der Waals surface area contributed by atoms with Crippen molar-refractivity contribution in [3.63, 3.8) is 0 Å². The molecule has 0 aliphatic carbocycles. The van der Waals surface area contributed by atoms with Crippen LogP contribution in [-0.4, -0.2) is 43.1 Å². The summed E-state index contributed by atoms with van der Waals surface area (Å²) in [4.78, 5) is 25.4. The molecule has 1 aliphatic heterocycles. The van der Waals surface area contributed by atoms with Crippen molar-refractivity contribution >= 4 is 29.1 Å². The fraction of sp³-hybridized carbons (Fsp3) is 0.286. The van der Waals surface area contributed by atoms with Crippen molar-refractivity contribution in [2.24, 2.45) is 0 Å². The number of nitrogens with zero attached hydrogens (tertiary/aromatic N) is 5. The van der Waals surface area contributed by atoms with E-state index in [4.69, 9.17) is 4.98 Å². The van der Waals surface area contributed by atoms with E-state index in [1.165, 1.54) is 0 Å². The number of hydrazine groups is 1. The van der Waals surface area contributed by atoms with E-state index < -0.39 is 0 Å². The summed E-state index contributed by atoms with van der Waals surface area (Å²) in [6.45, 7) is 6.22. The number of carbonyl (C=O) groups is 1. The lowest BCUT2D eigenvalue weighted by atomic mass is 10.1. The molecule has 1 aromatic carbocycles. The lowest BCUT2D eigenvalue weighted by Gasteiger charge is -2.39. The van der Waals surface area contributed by atoms with Crippen LogP contribution in [0.4, 0.5) is 17.5 Å². The number of hydrogen-bond donors (Lipinski definition) is 2. The highest BCUT2D eigenvalue weighted by Gasteiger charge is 2.37.